The number of nitrogens with one attached hydrogen (secondary N) is 1. The molecule has 0 saturated heterocycles. The Morgan fingerprint density at radius 3 is 2.34 bits per heavy atom. The van der Waals surface area contributed by atoms with Crippen molar-refractivity contribution in [2.24, 2.45) is 4.99 Å². The van der Waals surface area contributed by atoms with Gasteiger partial charge in [0.25, 0.3) is 5.91 Å². The van der Waals surface area contributed by atoms with Crippen LogP contribution in [-0.2, 0) is 6.42 Å². The summed E-state index contributed by atoms with van der Waals surface area (Å²) in [6.45, 7) is 1.92. The summed E-state index contributed by atoms with van der Waals surface area (Å²) in [7, 11) is 1.73. The van der Waals surface area contributed by atoms with Gasteiger partial charge in [0.2, 0.25) is 0 Å². The van der Waals surface area contributed by atoms with Crippen molar-refractivity contribution in [3.8, 4) is 0 Å². The number of ketones is 1. The Bertz CT molecular complexity index is 1060. The fourth-order valence-corrected chi connectivity index (χ4v) is 2.94. The normalized spacial score (nSPS) is 11.2. The standard InChI is InChI=1S/C23H20ClN3O2/c1-15(25-2)16-7-9-17(10-8-16)21(28)13-18-5-3-4-6-20(18)23(29)27-22-12-11-19(24)14-26-22/h3-12,14H,13H2,1-2H3,(H,26,27,29). The van der Waals surface area contributed by atoms with Crippen LogP contribution in [0.15, 0.2) is 71.9 Å². The molecule has 0 saturated carbocycles. The summed E-state index contributed by atoms with van der Waals surface area (Å²) in [5.41, 5.74) is 3.55. The zero-order valence-electron chi connectivity index (χ0n) is 16.1. The number of aliphatic imine (C=N–C) groups is 1. The minimum absolute atomic E-state index is 0.0625. The third kappa shape index (κ3) is 5.15. The first-order chi connectivity index (χ1) is 14.0. The van der Waals surface area contributed by atoms with Gasteiger partial charge in [0.15, 0.2) is 5.78 Å². The van der Waals surface area contributed by atoms with Crippen LogP contribution >= 0.6 is 11.6 Å². The van der Waals surface area contributed by atoms with Crippen molar-refractivity contribution in [2.75, 3.05) is 12.4 Å². The lowest BCUT2D eigenvalue weighted by Gasteiger charge is -2.10. The van der Waals surface area contributed by atoms with Crippen LogP contribution in [0, 0.1) is 0 Å². The molecule has 0 bridgehead atoms. The molecule has 1 amide bonds. The van der Waals surface area contributed by atoms with Crippen molar-refractivity contribution < 1.29 is 9.59 Å². The molecule has 0 radical (unpaired) electrons. The summed E-state index contributed by atoms with van der Waals surface area (Å²) in [4.78, 5) is 33.6. The van der Waals surface area contributed by atoms with Crippen LogP contribution in [-0.4, -0.2) is 29.4 Å². The van der Waals surface area contributed by atoms with Gasteiger partial charge in [-0.1, -0.05) is 54.1 Å². The Hall–Kier alpha value is -3.31. The third-order valence-corrected chi connectivity index (χ3v) is 4.77. The van der Waals surface area contributed by atoms with Gasteiger partial charge in [0.1, 0.15) is 5.82 Å². The van der Waals surface area contributed by atoms with Gasteiger partial charge in [-0.3, -0.25) is 14.6 Å². The summed E-state index contributed by atoms with van der Waals surface area (Å²) in [6.07, 6.45) is 1.58. The Kier molecular flexibility index (Phi) is 6.52. The number of nitrogens with zero attached hydrogens (tertiary/aromatic N) is 2. The largest absolute Gasteiger partial charge is 0.307 e. The number of hydrogen-bond donors (Lipinski definition) is 1. The van der Waals surface area contributed by atoms with Gasteiger partial charge in [0.05, 0.1) is 5.02 Å². The van der Waals surface area contributed by atoms with Gasteiger partial charge >= 0.3 is 0 Å². The topological polar surface area (TPSA) is 71.4 Å². The highest BCUT2D eigenvalue weighted by Crippen LogP contribution is 2.16. The van der Waals surface area contributed by atoms with E-state index >= 15 is 0 Å². The van der Waals surface area contributed by atoms with Crippen molar-refractivity contribution in [3.63, 3.8) is 0 Å². The zero-order valence-corrected chi connectivity index (χ0v) is 16.9. The molecular formula is C23H20ClN3O2. The summed E-state index contributed by atoms with van der Waals surface area (Å²) in [6, 6.07) is 17.6. The molecule has 29 heavy (non-hydrogen) atoms. The van der Waals surface area contributed by atoms with Gasteiger partial charge in [-0.15, -0.1) is 0 Å². The van der Waals surface area contributed by atoms with Crippen LogP contribution < -0.4 is 5.32 Å². The van der Waals surface area contributed by atoms with Crippen LogP contribution in [0.25, 0.3) is 0 Å². The Balaban J connectivity index is 1.77. The summed E-state index contributed by atoms with van der Waals surface area (Å²) in [5.74, 6) is 0.00457. The number of pyridine rings is 1. The number of hydrogen-bond acceptors (Lipinski definition) is 4. The van der Waals surface area contributed by atoms with E-state index in [1.165, 1.54) is 6.20 Å². The van der Waals surface area contributed by atoms with Gasteiger partial charge < -0.3 is 5.32 Å². The molecule has 0 aliphatic heterocycles. The van der Waals surface area contributed by atoms with Crippen molar-refractivity contribution in [1.29, 1.82) is 0 Å². The number of benzene rings is 2. The fourth-order valence-electron chi connectivity index (χ4n) is 2.83. The second-order valence-electron chi connectivity index (χ2n) is 6.46. The first kappa shape index (κ1) is 20.4. The molecule has 1 heterocycles. The highest BCUT2D eigenvalue weighted by atomic mass is 35.5. The van der Waals surface area contributed by atoms with Crippen molar-refractivity contribution >= 4 is 34.8 Å². The lowest BCUT2D eigenvalue weighted by Crippen LogP contribution is -2.16. The van der Waals surface area contributed by atoms with Gasteiger partial charge in [-0.05, 0) is 36.2 Å². The first-order valence-corrected chi connectivity index (χ1v) is 9.43. The molecule has 5 nitrogen and oxygen atoms in total. The highest BCUT2D eigenvalue weighted by molar-refractivity contribution is 6.30. The fraction of sp³-hybridized carbons (Fsp3) is 0.130. The van der Waals surface area contributed by atoms with Crippen LogP contribution in [0.2, 0.25) is 5.02 Å². The molecule has 0 aliphatic carbocycles. The van der Waals surface area contributed by atoms with Gasteiger partial charge in [0, 0.05) is 36.5 Å². The number of halogens is 1. The zero-order chi connectivity index (χ0) is 20.8. The smallest absolute Gasteiger partial charge is 0.257 e. The number of anilines is 1. The van der Waals surface area contributed by atoms with E-state index in [-0.39, 0.29) is 18.1 Å². The van der Waals surface area contributed by atoms with Crippen molar-refractivity contribution in [3.05, 3.63) is 94.1 Å². The molecule has 6 heteroatoms. The molecule has 146 valence electrons. The van der Waals surface area contributed by atoms with Crippen LogP contribution in [0.1, 0.15) is 38.8 Å². The Morgan fingerprint density at radius 1 is 1.00 bits per heavy atom. The Morgan fingerprint density at radius 2 is 1.69 bits per heavy atom. The lowest BCUT2D eigenvalue weighted by molar-refractivity contribution is 0.0992. The molecule has 0 atom stereocenters. The van der Waals surface area contributed by atoms with Gasteiger partial charge in [-0.2, -0.15) is 0 Å². The number of amides is 1. The summed E-state index contributed by atoms with van der Waals surface area (Å²) >= 11 is 5.82. The molecule has 3 aromatic rings. The van der Waals surface area contributed by atoms with E-state index in [2.05, 4.69) is 15.3 Å². The number of rotatable bonds is 6. The molecule has 1 N–H and O–H groups in total. The minimum Gasteiger partial charge on any atom is -0.307 e. The Labute approximate surface area is 174 Å². The van der Waals surface area contributed by atoms with E-state index in [4.69, 9.17) is 11.6 Å². The monoisotopic (exact) mass is 405 g/mol. The van der Waals surface area contributed by atoms with Crippen LogP contribution in [0.4, 0.5) is 5.82 Å². The first-order valence-electron chi connectivity index (χ1n) is 9.06. The second kappa shape index (κ2) is 9.26. The number of aromatic nitrogens is 1. The van der Waals surface area contributed by atoms with E-state index in [0.29, 0.717) is 27.5 Å². The predicted molar refractivity (Wildman–Crippen MR) is 116 cm³/mol. The molecule has 1 aromatic heterocycles. The number of carbonyl (C=O) groups excluding carboxylic acids is 2. The lowest BCUT2D eigenvalue weighted by atomic mass is 9.97. The number of carbonyl (C=O) groups is 2. The summed E-state index contributed by atoms with van der Waals surface area (Å²) in [5, 5.41) is 3.22. The average molecular weight is 406 g/mol. The van der Waals surface area contributed by atoms with E-state index < -0.39 is 0 Å². The minimum atomic E-state index is -0.326. The number of Topliss-reactive ketones (excluding diaryl/α,β-unsaturated/α-hetero) is 1. The maximum absolute atomic E-state index is 12.7. The highest BCUT2D eigenvalue weighted by Gasteiger charge is 2.15. The van der Waals surface area contributed by atoms with E-state index in [0.717, 1.165) is 11.3 Å². The molecule has 2 aromatic carbocycles. The van der Waals surface area contributed by atoms with Gasteiger partial charge in [-0.25, -0.2) is 4.98 Å². The predicted octanol–water partition coefficient (Wildman–Crippen LogP) is 4.85. The quantitative estimate of drug-likeness (QED) is 0.470. The SMILES string of the molecule is CN=C(C)c1ccc(C(=O)Cc2ccccc2C(=O)Nc2ccc(Cl)cn2)cc1. The molecular weight excluding hydrogens is 386 g/mol. The van der Waals surface area contributed by atoms with E-state index in [9.17, 15) is 9.59 Å². The maximum atomic E-state index is 12.7. The van der Waals surface area contributed by atoms with Crippen molar-refractivity contribution in [1.82, 2.24) is 4.98 Å². The average Bonchev–Trinajstić information content (AvgIpc) is 2.75. The van der Waals surface area contributed by atoms with E-state index in [1.54, 1.807) is 49.5 Å². The van der Waals surface area contributed by atoms with Crippen LogP contribution in [0.5, 0.6) is 0 Å². The maximum Gasteiger partial charge on any atom is 0.257 e. The van der Waals surface area contributed by atoms with E-state index in [1.807, 2.05) is 25.1 Å². The molecule has 0 fully saturated rings. The van der Waals surface area contributed by atoms with Crippen molar-refractivity contribution in [2.45, 2.75) is 13.3 Å². The summed E-state index contributed by atoms with van der Waals surface area (Å²) < 4.78 is 0. The third-order valence-electron chi connectivity index (χ3n) is 4.54. The molecule has 0 unspecified atom stereocenters. The molecule has 0 spiro atoms. The van der Waals surface area contributed by atoms with Crippen LogP contribution in [0.3, 0.4) is 0 Å². The molecule has 3 rings (SSSR count). The second-order valence-corrected chi connectivity index (χ2v) is 6.90. The molecule has 0 aliphatic rings.